The lowest BCUT2D eigenvalue weighted by Gasteiger charge is -2.05. The molecule has 0 saturated carbocycles. The fraction of sp³-hybridized carbons (Fsp3) is 0.364. The summed E-state index contributed by atoms with van der Waals surface area (Å²) in [7, 11) is 0. The van der Waals surface area contributed by atoms with Gasteiger partial charge in [0.2, 0.25) is 5.91 Å². The minimum Gasteiger partial charge on any atom is -0.351 e. The van der Waals surface area contributed by atoms with Gasteiger partial charge in [0, 0.05) is 22.7 Å². The molecule has 0 aliphatic heterocycles. The predicted molar refractivity (Wildman–Crippen MR) is 68.7 cm³/mol. The molecule has 0 atom stereocenters. The van der Waals surface area contributed by atoms with Crippen molar-refractivity contribution in [1.29, 1.82) is 0 Å². The van der Waals surface area contributed by atoms with Crippen LogP contribution in [0.4, 0.5) is 0 Å². The van der Waals surface area contributed by atoms with E-state index in [2.05, 4.69) is 21.9 Å². The number of amides is 1. The summed E-state index contributed by atoms with van der Waals surface area (Å²) in [5.41, 5.74) is -0.150. The Labute approximate surface area is 108 Å². The number of carbonyl (C=O) groups is 1. The molecule has 3 N–H and O–H groups in total. The second-order valence-corrected chi connectivity index (χ2v) is 4.34. The van der Waals surface area contributed by atoms with Crippen molar-refractivity contribution in [2.45, 2.75) is 19.8 Å². The van der Waals surface area contributed by atoms with Gasteiger partial charge < -0.3 is 10.3 Å². The minimum absolute atomic E-state index is 0.139. The highest BCUT2D eigenvalue weighted by molar-refractivity contribution is 6.29. The number of carbonyl (C=O) groups excluding carboxylic acids is 1. The molecule has 98 valence electrons. The maximum atomic E-state index is 11.5. The van der Waals surface area contributed by atoms with Crippen molar-refractivity contribution >= 4 is 17.5 Å². The standard InChI is InChI=1S/C11H14ClN3O3/c1-6(12)5-13-9(16)4-3-8-7(2)14-11(18)15-10(8)17/h1,3-5H2,2H3,(H,13,16)(H2,14,15,17,18). The summed E-state index contributed by atoms with van der Waals surface area (Å²) in [5, 5.41) is 2.88. The van der Waals surface area contributed by atoms with Crippen molar-refractivity contribution in [2.24, 2.45) is 0 Å². The van der Waals surface area contributed by atoms with Gasteiger partial charge in [-0.15, -0.1) is 0 Å². The van der Waals surface area contributed by atoms with Gasteiger partial charge in [-0.2, -0.15) is 0 Å². The van der Waals surface area contributed by atoms with Crippen molar-refractivity contribution in [2.75, 3.05) is 6.54 Å². The summed E-state index contributed by atoms with van der Waals surface area (Å²) in [6, 6.07) is 0. The smallest absolute Gasteiger partial charge is 0.325 e. The van der Waals surface area contributed by atoms with E-state index in [4.69, 9.17) is 11.6 Å². The van der Waals surface area contributed by atoms with Crippen LogP contribution < -0.4 is 16.6 Å². The highest BCUT2D eigenvalue weighted by Crippen LogP contribution is 2.00. The molecule has 1 aromatic heterocycles. The van der Waals surface area contributed by atoms with Crippen LogP contribution in [0.25, 0.3) is 0 Å². The van der Waals surface area contributed by atoms with Crippen LogP contribution in [0.2, 0.25) is 0 Å². The third-order valence-corrected chi connectivity index (χ3v) is 2.47. The van der Waals surface area contributed by atoms with Crippen LogP contribution in [0.5, 0.6) is 0 Å². The monoisotopic (exact) mass is 271 g/mol. The molecule has 0 aromatic carbocycles. The van der Waals surface area contributed by atoms with E-state index in [1.165, 1.54) is 0 Å². The fourth-order valence-corrected chi connectivity index (χ4v) is 1.52. The first-order valence-corrected chi connectivity index (χ1v) is 5.70. The van der Waals surface area contributed by atoms with Gasteiger partial charge in [-0.25, -0.2) is 4.79 Å². The van der Waals surface area contributed by atoms with Gasteiger partial charge >= 0.3 is 5.69 Å². The third kappa shape index (κ3) is 4.21. The lowest BCUT2D eigenvalue weighted by Crippen LogP contribution is -2.29. The van der Waals surface area contributed by atoms with E-state index in [0.29, 0.717) is 16.3 Å². The van der Waals surface area contributed by atoms with Crippen LogP contribution in [-0.2, 0) is 11.2 Å². The maximum Gasteiger partial charge on any atom is 0.325 e. The number of nitrogens with one attached hydrogen (secondary N) is 3. The van der Waals surface area contributed by atoms with Gasteiger partial charge in [-0.3, -0.25) is 14.6 Å². The number of H-pyrrole nitrogens is 2. The van der Waals surface area contributed by atoms with Gasteiger partial charge in [0.1, 0.15) is 0 Å². The zero-order valence-electron chi connectivity index (χ0n) is 9.93. The Morgan fingerprint density at radius 3 is 2.61 bits per heavy atom. The van der Waals surface area contributed by atoms with Crippen molar-refractivity contribution < 1.29 is 4.79 Å². The molecule has 18 heavy (non-hydrogen) atoms. The first-order chi connectivity index (χ1) is 8.40. The molecule has 0 aliphatic rings. The Morgan fingerprint density at radius 2 is 2.06 bits per heavy atom. The topological polar surface area (TPSA) is 94.8 Å². The average Bonchev–Trinajstić information content (AvgIpc) is 2.24. The molecular formula is C11H14ClN3O3. The molecular weight excluding hydrogens is 258 g/mol. The van der Waals surface area contributed by atoms with E-state index < -0.39 is 11.2 Å². The van der Waals surface area contributed by atoms with Gasteiger partial charge in [0.05, 0.1) is 6.54 Å². The molecule has 0 unspecified atom stereocenters. The maximum absolute atomic E-state index is 11.5. The second kappa shape index (κ2) is 6.20. The lowest BCUT2D eigenvalue weighted by atomic mass is 10.1. The zero-order valence-corrected chi connectivity index (χ0v) is 10.7. The molecule has 0 radical (unpaired) electrons. The minimum atomic E-state index is -0.552. The van der Waals surface area contributed by atoms with E-state index in [9.17, 15) is 14.4 Å². The number of rotatable bonds is 5. The van der Waals surface area contributed by atoms with Crippen molar-refractivity contribution in [3.63, 3.8) is 0 Å². The highest BCUT2D eigenvalue weighted by Gasteiger charge is 2.08. The molecule has 1 heterocycles. The summed E-state index contributed by atoms with van der Waals surface area (Å²) in [6.45, 7) is 5.25. The first kappa shape index (κ1) is 14.2. The van der Waals surface area contributed by atoms with Crippen molar-refractivity contribution in [1.82, 2.24) is 15.3 Å². The predicted octanol–water partition coefficient (Wildman–Crippen LogP) is 0.173. The lowest BCUT2D eigenvalue weighted by molar-refractivity contribution is -0.120. The van der Waals surface area contributed by atoms with Gasteiger partial charge in [0.25, 0.3) is 5.56 Å². The number of aryl methyl sites for hydroxylation is 1. The summed E-state index contributed by atoms with van der Waals surface area (Å²) in [4.78, 5) is 38.5. The van der Waals surface area contributed by atoms with Crippen LogP contribution in [0.1, 0.15) is 17.7 Å². The summed E-state index contributed by atoms with van der Waals surface area (Å²) < 4.78 is 0. The third-order valence-electron chi connectivity index (χ3n) is 2.33. The zero-order chi connectivity index (χ0) is 13.7. The molecule has 1 amide bonds. The van der Waals surface area contributed by atoms with E-state index >= 15 is 0 Å². The molecule has 7 heteroatoms. The Balaban J connectivity index is 2.64. The van der Waals surface area contributed by atoms with Crippen LogP contribution in [0.15, 0.2) is 21.2 Å². The quantitative estimate of drug-likeness (QED) is 0.713. The number of aromatic amines is 2. The van der Waals surface area contributed by atoms with E-state index in [1.54, 1.807) is 6.92 Å². The largest absolute Gasteiger partial charge is 0.351 e. The van der Waals surface area contributed by atoms with Gasteiger partial charge in [-0.05, 0) is 13.3 Å². The highest BCUT2D eigenvalue weighted by atomic mass is 35.5. The van der Waals surface area contributed by atoms with Crippen LogP contribution in [0, 0.1) is 6.92 Å². The Bertz CT molecular complexity index is 574. The van der Waals surface area contributed by atoms with Crippen LogP contribution >= 0.6 is 11.6 Å². The van der Waals surface area contributed by atoms with Gasteiger partial charge in [0.15, 0.2) is 0 Å². The summed E-state index contributed by atoms with van der Waals surface area (Å²) in [6.07, 6.45) is 0.388. The summed E-state index contributed by atoms with van der Waals surface area (Å²) in [5.74, 6) is -0.234. The second-order valence-electron chi connectivity index (χ2n) is 3.81. The average molecular weight is 272 g/mol. The Hall–Kier alpha value is -1.82. The summed E-state index contributed by atoms with van der Waals surface area (Å²) >= 11 is 5.50. The molecule has 0 fully saturated rings. The molecule has 1 aromatic rings. The molecule has 6 nitrogen and oxygen atoms in total. The Kier molecular flexibility index (Phi) is 4.91. The Morgan fingerprint density at radius 1 is 1.39 bits per heavy atom. The van der Waals surface area contributed by atoms with Crippen molar-refractivity contribution in [3.05, 3.63) is 43.7 Å². The molecule has 0 aliphatic carbocycles. The van der Waals surface area contributed by atoms with E-state index in [1.807, 2.05) is 0 Å². The molecule has 0 bridgehead atoms. The van der Waals surface area contributed by atoms with Crippen LogP contribution in [-0.4, -0.2) is 22.4 Å². The first-order valence-electron chi connectivity index (χ1n) is 5.32. The number of hydrogen-bond donors (Lipinski definition) is 3. The normalized spacial score (nSPS) is 10.1. The fourth-order valence-electron chi connectivity index (χ4n) is 1.45. The van der Waals surface area contributed by atoms with Crippen molar-refractivity contribution in [3.8, 4) is 0 Å². The van der Waals surface area contributed by atoms with E-state index in [0.717, 1.165) is 0 Å². The van der Waals surface area contributed by atoms with Crippen LogP contribution in [0.3, 0.4) is 0 Å². The number of aromatic nitrogens is 2. The van der Waals surface area contributed by atoms with Gasteiger partial charge in [-0.1, -0.05) is 18.2 Å². The number of hydrogen-bond acceptors (Lipinski definition) is 3. The molecule has 0 spiro atoms. The number of halogens is 1. The van der Waals surface area contributed by atoms with E-state index in [-0.39, 0.29) is 25.3 Å². The molecule has 0 saturated heterocycles. The SMILES string of the molecule is C=C(Cl)CNC(=O)CCc1c(C)[nH]c(=O)[nH]c1=O. The molecule has 1 rings (SSSR count).